The second-order valence-electron chi connectivity index (χ2n) is 7.20. The van der Waals surface area contributed by atoms with Crippen molar-refractivity contribution in [1.29, 1.82) is 0 Å². The van der Waals surface area contributed by atoms with Crippen molar-refractivity contribution < 1.29 is 23.5 Å². The van der Waals surface area contributed by atoms with E-state index in [-0.39, 0.29) is 23.4 Å². The van der Waals surface area contributed by atoms with E-state index in [0.29, 0.717) is 37.9 Å². The normalized spacial score (nSPS) is 16.4. The number of para-hydroxylation sites is 1. The van der Waals surface area contributed by atoms with Crippen molar-refractivity contribution in [3.05, 3.63) is 59.4 Å². The summed E-state index contributed by atoms with van der Waals surface area (Å²) in [6.45, 7) is 1.02. The van der Waals surface area contributed by atoms with Crippen LogP contribution in [0.25, 0.3) is 0 Å². The Balaban J connectivity index is 1.61. The molecule has 0 unspecified atom stereocenters. The van der Waals surface area contributed by atoms with Crippen LogP contribution in [0.5, 0.6) is 11.5 Å². The molecule has 29 heavy (non-hydrogen) atoms. The maximum Gasteiger partial charge on any atom is 0.222 e. The highest BCUT2D eigenvalue weighted by molar-refractivity contribution is 5.98. The third-order valence-corrected chi connectivity index (χ3v) is 5.38. The van der Waals surface area contributed by atoms with E-state index in [4.69, 9.17) is 9.47 Å². The van der Waals surface area contributed by atoms with Gasteiger partial charge in [-0.15, -0.1) is 0 Å². The molecule has 1 fully saturated rings. The lowest BCUT2D eigenvalue weighted by atomic mass is 9.89. The van der Waals surface area contributed by atoms with E-state index in [1.165, 1.54) is 19.2 Å². The number of nitrogens with zero attached hydrogens (tertiary/aromatic N) is 1. The second-order valence-corrected chi connectivity index (χ2v) is 7.20. The van der Waals surface area contributed by atoms with Crippen LogP contribution in [0.3, 0.4) is 0 Å². The molecule has 2 aromatic rings. The lowest BCUT2D eigenvalue weighted by Crippen LogP contribution is -2.42. The molecule has 0 saturated carbocycles. The van der Waals surface area contributed by atoms with Gasteiger partial charge in [0.05, 0.1) is 14.2 Å². The minimum atomic E-state index is -0.557. The first kappa shape index (κ1) is 20.8. The van der Waals surface area contributed by atoms with Crippen LogP contribution >= 0.6 is 0 Å². The number of ether oxygens (including phenoxy) is 2. The standard InChI is InChI=1S/C23H26FNO4/c1-28-20-8-4-3-6-16(20)10-12-22(26)25-13-5-7-18(15-25)23(27)17-9-11-21(29-2)19(24)14-17/h3-4,6,8-9,11,14,18H,5,7,10,12-13,15H2,1-2H3/t18-/m1/s1. The third kappa shape index (κ3) is 4.94. The Hall–Kier alpha value is -2.89. The summed E-state index contributed by atoms with van der Waals surface area (Å²) in [4.78, 5) is 27.3. The summed E-state index contributed by atoms with van der Waals surface area (Å²) in [7, 11) is 3.00. The predicted molar refractivity (Wildman–Crippen MR) is 108 cm³/mol. The molecule has 0 bridgehead atoms. The molecule has 0 N–H and O–H groups in total. The average Bonchev–Trinajstić information content (AvgIpc) is 2.77. The molecule has 0 aromatic heterocycles. The second kappa shape index (κ2) is 9.54. The number of methoxy groups -OCH3 is 2. The van der Waals surface area contributed by atoms with Crippen LogP contribution in [-0.2, 0) is 11.2 Å². The number of hydrogen-bond acceptors (Lipinski definition) is 4. The molecule has 1 aliphatic rings. The number of aryl methyl sites for hydroxylation is 1. The Morgan fingerprint density at radius 3 is 2.59 bits per heavy atom. The molecule has 0 radical (unpaired) electrons. The molecule has 3 rings (SSSR count). The molecular weight excluding hydrogens is 373 g/mol. The van der Waals surface area contributed by atoms with E-state index in [2.05, 4.69) is 0 Å². The molecule has 5 nitrogen and oxygen atoms in total. The van der Waals surface area contributed by atoms with Gasteiger partial charge in [-0.3, -0.25) is 9.59 Å². The first-order chi connectivity index (χ1) is 14.0. The number of carbonyl (C=O) groups excluding carboxylic acids is 2. The van der Waals surface area contributed by atoms with Gasteiger partial charge in [0.15, 0.2) is 17.3 Å². The fourth-order valence-electron chi connectivity index (χ4n) is 3.78. The highest BCUT2D eigenvalue weighted by Crippen LogP contribution is 2.25. The number of benzene rings is 2. The van der Waals surface area contributed by atoms with Crippen molar-refractivity contribution in [3.63, 3.8) is 0 Å². The largest absolute Gasteiger partial charge is 0.496 e. The Morgan fingerprint density at radius 2 is 1.86 bits per heavy atom. The molecule has 0 spiro atoms. The number of ketones is 1. The van der Waals surface area contributed by atoms with Gasteiger partial charge in [0.25, 0.3) is 0 Å². The van der Waals surface area contributed by atoms with E-state index < -0.39 is 5.82 Å². The van der Waals surface area contributed by atoms with Crippen molar-refractivity contribution in [2.75, 3.05) is 27.3 Å². The first-order valence-corrected chi connectivity index (χ1v) is 9.81. The van der Waals surface area contributed by atoms with Gasteiger partial charge in [0.2, 0.25) is 5.91 Å². The number of amides is 1. The van der Waals surface area contributed by atoms with E-state index in [0.717, 1.165) is 17.7 Å². The fraction of sp³-hybridized carbons (Fsp3) is 0.391. The van der Waals surface area contributed by atoms with Gasteiger partial charge in [0, 0.05) is 31.0 Å². The molecule has 1 aliphatic heterocycles. The van der Waals surface area contributed by atoms with E-state index in [9.17, 15) is 14.0 Å². The van der Waals surface area contributed by atoms with Crippen molar-refractivity contribution >= 4 is 11.7 Å². The summed E-state index contributed by atoms with van der Waals surface area (Å²) in [6, 6.07) is 11.9. The summed E-state index contributed by atoms with van der Waals surface area (Å²) in [5, 5.41) is 0. The molecule has 2 aromatic carbocycles. The maximum absolute atomic E-state index is 14.0. The van der Waals surface area contributed by atoms with Crippen LogP contribution in [0, 0.1) is 11.7 Å². The molecule has 1 saturated heterocycles. The van der Waals surface area contributed by atoms with Gasteiger partial charge in [0.1, 0.15) is 5.75 Å². The van der Waals surface area contributed by atoms with Gasteiger partial charge in [-0.05, 0) is 49.1 Å². The zero-order valence-corrected chi connectivity index (χ0v) is 16.8. The lowest BCUT2D eigenvalue weighted by Gasteiger charge is -2.32. The lowest BCUT2D eigenvalue weighted by molar-refractivity contribution is -0.132. The van der Waals surface area contributed by atoms with Crippen LogP contribution in [0.15, 0.2) is 42.5 Å². The van der Waals surface area contributed by atoms with Crippen molar-refractivity contribution in [2.24, 2.45) is 5.92 Å². The van der Waals surface area contributed by atoms with Crippen LogP contribution in [0.1, 0.15) is 35.2 Å². The number of carbonyl (C=O) groups is 2. The van der Waals surface area contributed by atoms with Crippen molar-refractivity contribution in [2.45, 2.75) is 25.7 Å². The number of Topliss-reactive ketones (excluding diaryl/α,β-unsaturated/α-hetero) is 1. The zero-order chi connectivity index (χ0) is 20.8. The van der Waals surface area contributed by atoms with Gasteiger partial charge in [-0.2, -0.15) is 0 Å². The number of likely N-dealkylation sites (tertiary alicyclic amines) is 1. The van der Waals surface area contributed by atoms with E-state index >= 15 is 0 Å². The molecule has 0 aliphatic carbocycles. The smallest absolute Gasteiger partial charge is 0.222 e. The monoisotopic (exact) mass is 399 g/mol. The number of hydrogen-bond donors (Lipinski definition) is 0. The zero-order valence-electron chi connectivity index (χ0n) is 16.8. The topological polar surface area (TPSA) is 55.8 Å². The maximum atomic E-state index is 14.0. The summed E-state index contributed by atoms with van der Waals surface area (Å²) in [6.07, 6.45) is 2.40. The summed E-state index contributed by atoms with van der Waals surface area (Å²) in [5.41, 5.74) is 1.30. The Morgan fingerprint density at radius 1 is 1.10 bits per heavy atom. The Kier molecular flexibility index (Phi) is 6.86. The Labute approximate surface area is 170 Å². The van der Waals surface area contributed by atoms with Crippen LogP contribution < -0.4 is 9.47 Å². The summed E-state index contributed by atoms with van der Waals surface area (Å²) < 4.78 is 24.2. The van der Waals surface area contributed by atoms with Gasteiger partial charge < -0.3 is 14.4 Å². The molecule has 6 heteroatoms. The predicted octanol–water partition coefficient (Wildman–Crippen LogP) is 3.90. The fourth-order valence-corrected chi connectivity index (χ4v) is 3.78. The van der Waals surface area contributed by atoms with Crippen molar-refractivity contribution in [1.82, 2.24) is 4.90 Å². The minimum Gasteiger partial charge on any atom is -0.496 e. The highest BCUT2D eigenvalue weighted by atomic mass is 19.1. The SMILES string of the molecule is COc1ccc(C(=O)[C@@H]2CCCN(C(=O)CCc3ccccc3OC)C2)cc1F. The number of piperidine rings is 1. The first-order valence-electron chi connectivity index (χ1n) is 9.81. The third-order valence-electron chi connectivity index (χ3n) is 5.38. The van der Waals surface area contributed by atoms with E-state index in [1.807, 2.05) is 24.3 Å². The van der Waals surface area contributed by atoms with Crippen LogP contribution in [0.4, 0.5) is 4.39 Å². The van der Waals surface area contributed by atoms with Gasteiger partial charge in [-0.1, -0.05) is 18.2 Å². The van der Waals surface area contributed by atoms with Crippen molar-refractivity contribution in [3.8, 4) is 11.5 Å². The minimum absolute atomic E-state index is 0.0225. The molecular formula is C23H26FNO4. The average molecular weight is 399 g/mol. The van der Waals surface area contributed by atoms with E-state index in [1.54, 1.807) is 18.1 Å². The molecule has 1 amide bonds. The highest BCUT2D eigenvalue weighted by Gasteiger charge is 2.29. The van der Waals surface area contributed by atoms with Gasteiger partial charge >= 0.3 is 0 Å². The molecule has 1 atom stereocenters. The van der Waals surface area contributed by atoms with Crippen LogP contribution in [-0.4, -0.2) is 43.9 Å². The van der Waals surface area contributed by atoms with Gasteiger partial charge in [-0.25, -0.2) is 4.39 Å². The molecule has 154 valence electrons. The quantitative estimate of drug-likeness (QED) is 0.663. The Bertz CT molecular complexity index is 883. The number of rotatable bonds is 7. The summed E-state index contributed by atoms with van der Waals surface area (Å²) in [5.74, 6) is -0.0966. The molecule has 1 heterocycles. The summed E-state index contributed by atoms with van der Waals surface area (Å²) >= 11 is 0. The van der Waals surface area contributed by atoms with Crippen LogP contribution in [0.2, 0.25) is 0 Å². The number of halogens is 1.